The fraction of sp³-hybridized carbons (Fsp3) is 0.364. The van der Waals surface area contributed by atoms with Crippen molar-refractivity contribution in [3.8, 4) is 0 Å². The molecule has 1 aromatic rings. The third kappa shape index (κ3) is 3.79. The summed E-state index contributed by atoms with van der Waals surface area (Å²) in [4.78, 5) is 21.6. The van der Waals surface area contributed by atoms with Gasteiger partial charge in [0.15, 0.2) is 6.29 Å². The Bertz CT molecular complexity index is 414. The van der Waals surface area contributed by atoms with E-state index in [2.05, 4.69) is 5.32 Å². The number of nitrogens with zero attached hydrogens (tertiary/aromatic N) is 1. The van der Waals surface area contributed by atoms with Crippen molar-refractivity contribution in [1.82, 2.24) is 5.32 Å². The van der Waals surface area contributed by atoms with Crippen LogP contribution in [-0.4, -0.2) is 37.9 Å². The second kappa shape index (κ2) is 6.67. The molecule has 0 heterocycles. The van der Waals surface area contributed by atoms with E-state index in [-0.39, 0.29) is 18.1 Å². The molecule has 1 amide bonds. The Labute approximate surface area is 104 Å². The predicted molar refractivity (Wildman–Crippen MR) is 63.2 cm³/mol. The Hall–Kier alpha value is -1.99. The fourth-order valence-electron chi connectivity index (χ4n) is 1.28. The maximum absolute atomic E-state index is 11.7. The van der Waals surface area contributed by atoms with Crippen molar-refractivity contribution in [1.29, 1.82) is 0 Å². The molecular weight excluding hydrogens is 240 g/mol. The van der Waals surface area contributed by atoms with Crippen molar-refractivity contribution in [3.05, 3.63) is 39.9 Å². The highest BCUT2D eigenvalue weighted by molar-refractivity contribution is 5.94. The molecule has 1 aromatic carbocycles. The van der Waals surface area contributed by atoms with Crippen LogP contribution in [0.25, 0.3) is 0 Å². The molecule has 0 saturated heterocycles. The van der Waals surface area contributed by atoms with E-state index in [1.54, 1.807) is 0 Å². The van der Waals surface area contributed by atoms with Crippen LogP contribution >= 0.6 is 0 Å². The molecule has 0 atom stereocenters. The number of carbonyl (C=O) groups is 1. The highest BCUT2D eigenvalue weighted by Gasteiger charge is 2.11. The second-order valence-corrected chi connectivity index (χ2v) is 3.41. The Kier molecular flexibility index (Phi) is 5.22. The van der Waals surface area contributed by atoms with Gasteiger partial charge in [-0.1, -0.05) is 0 Å². The highest BCUT2D eigenvalue weighted by atomic mass is 16.7. The summed E-state index contributed by atoms with van der Waals surface area (Å²) >= 11 is 0. The number of nitro groups is 1. The number of carbonyl (C=O) groups excluding carboxylic acids is 1. The molecule has 0 radical (unpaired) electrons. The Morgan fingerprint density at radius 2 is 1.89 bits per heavy atom. The van der Waals surface area contributed by atoms with E-state index in [0.717, 1.165) is 0 Å². The van der Waals surface area contributed by atoms with Crippen LogP contribution in [0.1, 0.15) is 10.4 Å². The van der Waals surface area contributed by atoms with Gasteiger partial charge in [0.1, 0.15) is 0 Å². The van der Waals surface area contributed by atoms with Crippen LogP contribution in [-0.2, 0) is 9.47 Å². The summed E-state index contributed by atoms with van der Waals surface area (Å²) in [7, 11) is 2.93. The summed E-state index contributed by atoms with van der Waals surface area (Å²) in [6.45, 7) is 0.197. The minimum absolute atomic E-state index is 0.0572. The summed E-state index contributed by atoms with van der Waals surface area (Å²) in [6, 6.07) is 5.34. The summed E-state index contributed by atoms with van der Waals surface area (Å²) in [6.07, 6.45) is -0.521. The zero-order valence-electron chi connectivity index (χ0n) is 10.1. The van der Waals surface area contributed by atoms with Gasteiger partial charge in [0.2, 0.25) is 0 Å². The molecule has 0 spiro atoms. The summed E-state index contributed by atoms with van der Waals surface area (Å²) < 4.78 is 9.82. The van der Waals surface area contributed by atoms with Gasteiger partial charge in [-0.2, -0.15) is 0 Å². The number of rotatable bonds is 6. The number of benzene rings is 1. The first kappa shape index (κ1) is 14.1. The minimum atomic E-state index is -0.521. The predicted octanol–water partition coefficient (Wildman–Crippen LogP) is 0.944. The average Bonchev–Trinajstić information content (AvgIpc) is 2.39. The molecule has 0 saturated carbocycles. The third-order valence-corrected chi connectivity index (χ3v) is 2.30. The first-order chi connectivity index (χ1) is 8.58. The number of nitrogens with one attached hydrogen (secondary N) is 1. The molecule has 0 unspecified atom stereocenters. The van der Waals surface area contributed by atoms with Gasteiger partial charge in [-0.15, -0.1) is 0 Å². The van der Waals surface area contributed by atoms with Gasteiger partial charge in [0.05, 0.1) is 11.5 Å². The van der Waals surface area contributed by atoms with Crippen LogP contribution in [0.3, 0.4) is 0 Å². The minimum Gasteiger partial charge on any atom is -0.354 e. The highest BCUT2D eigenvalue weighted by Crippen LogP contribution is 2.11. The van der Waals surface area contributed by atoms with Gasteiger partial charge in [-0.25, -0.2) is 0 Å². The van der Waals surface area contributed by atoms with Gasteiger partial charge < -0.3 is 14.8 Å². The quantitative estimate of drug-likeness (QED) is 0.463. The van der Waals surface area contributed by atoms with E-state index in [1.165, 1.54) is 38.5 Å². The molecule has 0 aliphatic heterocycles. The maximum atomic E-state index is 11.7. The molecule has 0 aromatic heterocycles. The standard InChI is InChI=1S/C11H14N2O5/c1-17-10(18-2)7-12-11(14)8-3-5-9(6-4-8)13(15)16/h3-6,10H,7H2,1-2H3,(H,12,14). The van der Waals surface area contributed by atoms with E-state index < -0.39 is 11.2 Å². The van der Waals surface area contributed by atoms with Crippen molar-refractivity contribution in [3.63, 3.8) is 0 Å². The first-order valence-electron chi connectivity index (χ1n) is 5.16. The fourth-order valence-corrected chi connectivity index (χ4v) is 1.28. The average molecular weight is 254 g/mol. The van der Waals surface area contributed by atoms with E-state index in [1.807, 2.05) is 0 Å². The zero-order chi connectivity index (χ0) is 13.5. The van der Waals surface area contributed by atoms with Crippen LogP contribution in [0.15, 0.2) is 24.3 Å². The number of ether oxygens (including phenoxy) is 2. The Morgan fingerprint density at radius 1 is 1.33 bits per heavy atom. The Balaban J connectivity index is 2.59. The van der Waals surface area contributed by atoms with Gasteiger partial charge in [0, 0.05) is 31.9 Å². The smallest absolute Gasteiger partial charge is 0.269 e. The van der Waals surface area contributed by atoms with Crippen molar-refractivity contribution in [2.75, 3.05) is 20.8 Å². The SMILES string of the molecule is COC(CNC(=O)c1ccc([N+](=O)[O-])cc1)OC. The summed E-state index contributed by atoms with van der Waals surface area (Å²) in [5, 5.41) is 13.0. The van der Waals surface area contributed by atoms with Crippen LogP contribution in [0.5, 0.6) is 0 Å². The summed E-state index contributed by atoms with van der Waals surface area (Å²) in [5.74, 6) is -0.344. The van der Waals surface area contributed by atoms with Crippen molar-refractivity contribution >= 4 is 11.6 Å². The molecule has 1 N–H and O–H groups in total. The van der Waals surface area contributed by atoms with E-state index in [0.29, 0.717) is 5.56 Å². The lowest BCUT2D eigenvalue weighted by Gasteiger charge is -2.13. The molecule has 7 heteroatoms. The third-order valence-electron chi connectivity index (χ3n) is 2.30. The Morgan fingerprint density at radius 3 is 2.33 bits per heavy atom. The van der Waals surface area contributed by atoms with Gasteiger partial charge in [-0.3, -0.25) is 14.9 Å². The van der Waals surface area contributed by atoms with E-state index in [4.69, 9.17) is 9.47 Å². The number of methoxy groups -OCH3 is 2. The normalized spacial score (nSPS) is 10.4. The molecule has 98 valence electrons. The van der Waals surface area contributed by atoms with Crippen LogP contribution in [0.4, 0.5) is 5.69 Å². The number of non-ortho nitro benzene ring substituents is 1. The van der Waals surface area contributed by atoms with Gasteiger partial charge in [0.25, 0.3) is 11.6 Å². The van der Waals surface area contributed by atoms with E-state index >= 15 is 0 Å². The lowest BCUT2D eigenvalue weighted by molar-refractivity contribution is -0.384. The van der Waals surface area contributed by atoms with Gasteiger partial charge >= 0.3 is 0 Å². The van der Waals surface area contributed by atoms with Crippen LogP contribution in [0, 0.1) is 10.1 Å². The zero-order valence-corrected chi connectivity index (χ0v) is 10.1. The molecule has 0 aliphatic carbocycles. The monoisotopic (exact) mass is 254 g/mol. The van der Waals surface area contributed by atoms with Crippen LogP contribution < -0.4 is 5.32 Å². The molecule has 0 bridgehead atoms. The molecular formula is C11H14N2O5. The molecule has 1 rings (SSSR count). The van der Waals surface area contributed by atoms with Crippen molar-refractivity contribution in [2.24, 2.45) is 0 Å². The molecule has 7 nitrogen and oxygen atoms in total. The van der Waals surface area contributed by atoms with E-state index in [9.17, 15) is 14.9 Å². The maximum Gasteiger partial charge on any atom is 0.269 e. The topological polar surface area (TPSA) is 90.7 Å². The lowest BCUT2D eigenvalue weighted by atomic mass is 10.2. The number of hydrogen-bond donors (Lipinski definition) is 1. The first-order valence-corrected chi connectivity index (χ1v) is 5.16. The molecule has 0 fully saturated rings. The lowest BCUT2D eigenvalue weighted by Crippen LogP contribution is -2.34. The summed E-state index contributed by atoms with van der Waals surface area (Å²) in [5.41, 5.74) is 0.282. The van der Waals surface area contributed by atoms with Crippen molar-refractivity contribution < 1.29 is 19.2 Å². The number of nitro benzene ring substituents is 1. The largest absolute Gasteiger partial charge is 0.354 e. The van der Waals surface area contributed by atoms with Gasteiger partial charge in [-0.05, 0) is 12.1 Å². The molecule has 0 aliphatic rings. The molecule has 18 heavy (non-hydrogen) atoms. The number of hydrogen-bond acceptors (Lipinski definition) is 5. The van der Waals surface area contributed by atoms with Crippen LogP contribution in [0.2, 0.25) is 0 Å². The van der Waals surface area contributed by atoms with Crippen molar-refractivity contribution in [2.45, 2.75) is 6.29 Å². The second-order valence-electron chi connectivity index (χ2n) is 3.41. The number of amides is 1.